The van der Waals surface area contributed by atoms with Crippen molar-refractivity contribution >= 4 is 157 Å². The van der Waals surface area contributed by atoms with E-state index in [1.165, 1.54) is 151 Å². The molecule has 10 heterocycles. The lowest BCUT2D eigenvalue weighted by molar-refractivity contribution is 0.314. The molecule has 16 rings (SSSR count). The molecule has 0 spiro atoms. The van der Waals surface area contributed by atoms with Gasteiger partial charge in [-0.05, 0) is 259 Å². The van der Waals surface area contributed by atoms with E-state index in [9.17, 15) is 0 Å². The van der Waals surface area contributed by atoms with E-state index in [-0.39, 0.29) is 75.8 Å². The highest BCUT2D eigenvalue weighted by Gasteiger charge is 2.39. The Labute approximate surface area is 866 Å². The van der Waals surface area contributed by atoms with Crippen LogP contribution in [0.1, 0.15) is 441 Å². The maximum atomic E-state index is 5.05. The molecule has 23 heteroatoms. The van der Waals surface area contributed by atoms with Gasteiger partial charge in [0.2, 0.25) is 0 Å². The lowest BCUT2D eigenvalue weighted by Crippen LogP contribution is -2.20. The highest BCUT2D eigenvalue weighted by Crippen LogP contribution is 2.50. The number of pyridine rings is 1. The first kappa shape index (κ1) is 114. The van der Waals surface area contributed by atoms with Crippen molar-refractivity contribution in [2.24, 2.45) is 0 Å². The Morgan fingerprint density at radius 3 is 0.652 bits per heavy atom. The lowest BCUT2D eigenvalue weighted by atomic mass is 9.75. The molecule has 0 fully saturated rings. The van der Waals surface area contributed by atoms with Gasteiger partial charge >= 0.3 is 0 Å². The van der Waals surface area contributed by atoms with E-state index in [2.05, 4.69) is 400 Å². The summed E-state index contributed by atoms with van der Waals surface area (Å²) in [6.07, 6.45) is 0. The minimum Gasteiger partial charge on any atom is -0.255 e. The molecule has 0 radical (unpaired) electrons. The summed E-state index contributed by atoms with van der Waals surface area (Å²) in [5.41, 5.74) is 47.2. The normalized spacial score (nSPS) is 13.2. The predicted octanol–water partition coefficient (Wildman–Crippen LogP) is 34.0. The van der Waals surface area contributed by atoms with Crippen LogP contribution in [0.4, 0.5) is 0 Å². The highest BCUT2D eigenvalue weighted by molar-refractivity contribution is 7.14. The third-order valence-electron chi connectivity index (χ3n) is 26.6. The molecular weight excluding hydrogens is 1830 g/mol. The van der Waals surface area contributed by atoms with E-state index < -0.39 is 0 Å². The number of fused-ring (bicyclic) bond motifs is 9. The number of aryl methyl sites for hydroxylation is 9. The summed E-state index contributed by atoms with van der Waals surface area (Å²) in [5.74, 6) is 0. The van der Waals surface area contributed by atoms with Gasteiger partial charge in [-0.2, -0.15) is 35.0 Å². The van der Waals surface area contributed by atoms with Crippen LogP contribution in [0.15, 0.2) is 28.9 Å². The molecule has 0 aliphatic rings. The molecule has 0 aliphatic heterocycles. The molecule has 141 heavy (non-hydrogen) atoms. The minimum atomic E-state index is -0.0704. The second-order valence-corrected chi connectivity index (χ2v) is 57.0. The molecule has 762 valence electrons. The highest BCUT2D eigenvalue weighted by atomic mass is 32.1. The maximum Gasteiger partial charge on any atom is 0.139 e. The Kier molecular flexibility index (Phi) is 31.9. The van der Waals surface area contributed by atoms with Gasteiger partial charge in [-0.25, -0.2) is 34.5 Å². The van der Waals surface area contributed by atoms with E-state index in [1.807, 2.05) is 52.9 Å². The van der Waals surface area contributed by atoms with E-state index in [0.29, 0.717) is 0 Å². The minimum absolute atomic E-state index is 0.00478. The van der Waals surface area contributed by atoms with Crippen molar-refractivity contribution < 1.29 is 4.63 Å². The largest absolute Gasteiger partial charge is 0.255 e. The van der Waals surface area contributed by atoms with Crippen LogP contribution in [-0.4, -0.2) is 80.2 Å². The van der Waals surface area contributed by atoms with Crippen molar-refractivity contribution in [2.75, 3.05) is 0 Å². The van der Waals surface area contributed by atoms with Crippen molar-refractivity contribution in [1.82, 2.24) is 80.2 Å². The Morgan fingerprint density at radius 2 is 0.411 bits per heavy atom. The van der Waals surface area contributed by atoms with Gasteiger partial charge in [-0.15, -0.1) is 11.3 Å². The lowest BCUT2D eigenvalue weighted by Gasteiger charge is -2.29. The summed E-state index contributed by atoms with van der Waals surface area (Å²) in [5, 5.41) is 11.0. The first-order valence-electron chi connectivity index (χ1n) is 50.2. The fraction of sp³-hybridized carbons (Fsp3) is 0.585. The predicted molar refractivity (Wildman–Crippen MR) is 610 cm³/mol. The molecule has 18 nitrogen and oxygen atoms in total. The van der Waals surface area contributed by atoms with Crippen molar-refractivity contribution in [3.05, 3.63) is 174 Å². The third kappa shape index (κ3) is 24.0. The zero-order valence-corrected chi connectivity index (χ0v) is 101. The van der Waals surface area contributed by atoms with E-state index in [4.69, 9.17) is 48.3 Å². The molecular formula is C118H169N17OS5. The van der Waals surface area contributed by atoms with Gasteiger partial charge in [0.25, 0.3) is 0 Å². The zero-order valence-electron chi connectivity index (χ0n) is 96.9. The number of benzene rings is 6. The van der Waals surface area contributed by atoms with E-state index >= 15 is 0 Å². The SMILES string of the molecule is Cc1c(C)c(C(C)(C)C)c2nonc2c1C(C)(C)C.Cc1c(C)c(C(C)(C)C)c2nsnc2c1C(C)(C)C.Cc1cc2c(C(C)(C)C)c3nsnc3c(C(C)(C)C)c2cc1C.Cc1nc(C(C)(C)C)c2nsnc2c1C(C)(C)C.Cc1nc2c(C(C)(C)C)c3nsnc3c(C(C)(C)C)c2nc1C.Cc1nc2c(C(C)(C)C)ccc(C(C)(C)C)c2nc1C.Cc1nc2c(C(C)(C)C)sc(C(C)(C)C)c2nc1C. The van der Waals surface area contributed by atoms with Crippen molar-refractivity contribution in [3.8, 4) is 0 Å². The van der Waals surface area contributed by atoms with Crippen LogP contribution in [0.5, 0.6) is 0 Å². The van der Waals surface area contributed by atoms with Gasteiger partial charge in [0.05, 0.1) is 109 Å². The van der Waals surface area contributed by atoms with E-state index in [1.54, 1.807) is 0 Å². The smallest absolute Gasteiger partial charge is 0.139 e. The van der Waals surface area contributed by atoms with Crippen LogP contribution in [0.3, 0.4) is 0 Å². The molecule has 0 saturated heterocycles. The average Bonchev–Trinajstić information content (AvgIpc) is 1.73. The molecule has 0 bridgehead atoms. The zero-order chi connectivity index (χ0) is 107. The summed E-state index contributed by atoms with van der Waals surface area (Å²) in [7, 11) is 0. The summed E-state index contributed by atoms with van der Waals surface area (Å²) in [6, 6.07) is 9.15. The number of hydrogen-bond donors (Lipinski definition) is 0. The molecule has 0 atom stereocenters. The fourth-order valence-electron chi connectivity index (χ4n) is 19.8. The van der Waals surface area contributed by atoms with E-state index in [0.717, 1.165) is 145 Å². The van der Waals surface area contributed by atoms with Crippen molar-refractivity contribution in [3.63, 3.8) is 0 Å². The summed E-state index contributed by atoms with van der Waals surface area (Å²) < 4.78 is 41.8. The monoisotopic (exact) mass is 2000 g/mol. The number of nitrogens with zero attached hydrogens (tertiary/aromatic N) is 17. The standard InChI is InChI=1S/C20H26N2S.C18H24N4S.C18H26N2.C16H24N2O.2C16H24N2S.C14H21N3S/c1-11-9-13-14(10-12(11)2)16(20(6,7)8)18-17(21-23-22-18)15(13)19(3,4)5;1-9-10(2)20-14-12(18(6,7)8)16-15(21-23-22-16)11(13(14)19-9)17(3,4)5;1-11-12(2)20-16-14(18(6,7)8)10-9-13(15(16)19-11)17(3,4)5;1-9-10(2)12(16(6,7)8)14-13(17-19-18-14)11(9)15(3,4)5;1-9-10(2)18-12-11(17-9)13(15(3,4)5)19-14(12)16(6,7)8;1-9-10(2)12(16(6,7)8)14-13(17-19-18-14)11(9)15(3,4)5;1-8-9(13(2,3)4)10-11(17-18-16-10)12(15-8)14(5,6)7/h9-10H,1-8H3;1-8H3;9-10H,1-8H3;3*1-8H3;1-7H3. The van der Waals surface area contributed by atoms with Crippen LogP contribution < -0.4 is 0 Å². The Balaban J connectivity index is 0.000000170. The number of thiophene rings is 1. The van der Waals surface area contributed by atoms with Crippen molar-refractivity contribution in [1.29, 1.82) is 0 Å². The molecule has 0 amide bonds. The first-order chi connectivity index (χ1) is 63.8. The Morgan fingerprint density at radius 1 is 0.191 bits per heavy atom. The molecule has 0 saturated carbocycles. The van der Waals surface area contributed by atoms with Crippen LogP contribution >= 0.6 is 58.2 Å². The Bertz CT molecular complexity index is 6750. The average molecular weight is 2000 g/mol. The molecule has 0 aliphatic carbocycles. The summed E-state index contributed by atoms with van der Waals surface area (Å²) >= 11 is 7.10. The van der Waals surface area contributed by atoms with Crippen molar-refractivity contribution in [2.45, 2.75) is 457 Å². The molecule has 6 aromatic carbocycles. The van der Waals surface area contributed by atoms with Crippen LogP contribution in [0.2, 0.25) is 0 Å². The third-order valence-corrected chi connectivity index (χ3v) is 30.8. The summed E-state index contributed by atoms with van der Waals surface area (Å²) in [6.45, 7) is 121. The van der Waals surface area contributed by atoms with Gasteiger partial charge in [0, 0.05) is 37.6 Å². The molecule has 0 unspecified atom stereocenters. The second-order valence-electron chi connectivity index (χ2n) is 53.9. The maximum absolute atomic E-state index is 5.05. The molecule has 0 N–H and O–H groups in total. The number of hydrogen-bond acceptors (Lipinski definition) is 23. The van der Waals surface area contributed by atoms with Gasteiger partial charge < -0.3 is 0 Å². The van der Waals surface area contributed by atoms with Crippen LogP contribution in [0.25, 0.3) is 99.0 Å². The molecule has 16 aromatic rings. The summed E-state index contributed by atoms with van der Waals surface area (Å²) in [4.78, 5) is 36.7. The topological polar surface area (TPSA) is 232 Å². The quantitative estimate of drug-likeness (QED) is 0.137. The van der Waals surface area contributed by atoms with Gasteiger partial charge in [0.1, 0.15) is 66.2 Å². The number of rotatable bonds is 0. The van der Waals surface area contributed by atoms with Crippen LogP contribution in [0, 0.1) is 90.0 Å². The van der Waals surface area contributed by atoms with Gasteiger partial charge in [0.15, 0.2) is 0 Å². The number of aromatic nitrogens is 17. The van der Waals surface area contributed by atoms with Crippen LogP contribution in [-0.2, 0) is 75.8 Å². The first-order valence-corrected chi connectivity index (χ1v) is 53.9. The second kappa shape index (κ2) is 39.5. The van der Waals surface area contributed by atoms with Gasteiger partial charge in [-0.3, -0.25) is 4.98 Å². The Hall–Kier alpha value is -8.87. The fourth-order valence-corrected chi connectivity index (χ4v) is 23.4. The van der Waals surface area contributed by atoms with Gasteiger partial charge in [-0.1, -0.05) is 315 Å². The molecule has 10 aromatic heterocycles.